The predicted octanol–water partition coefficient (Wildman–Crippen LogP) is 0.428. The van der Waals surface area contributed by atoms with Crippen LogP contribution in [0.2, 0.25) is 0 Å². The smallest absolute Gasteiger partial charge is 0.0594 e. The second-order valence-corrected chi connectivity index (χ2v) is 6.24. The third-order valence-electron chi connectivity index (χ3n) is 5.40. The molecule has 0 bridgehead atoms. The molecule has 2 aliphatic heterocycles. The lowest BCUT2D eigenvalue weighted by atomic mass is 10.1. The van der Waals surface area contributed by atoms with Crippen molar-refractivity contribution in [1.29, 1.82) is 0 Å². The van der Waals surface area contributed by atoms with Crippen LogP contribution in [0.15, 0.2) is 0 Å². The Bertz CT molecular complexity index is 272. The lowest BCUT2D eigenvalue weighted by Gasteiger charge is -2.35. The molecule has 0 amide bonds. The molecule has 4 fully saturated rings. The fourth-order valence-electron chi connectivity index (χ4n) is 4.44. The van der Waals surface area contributed by atoms with E-state index < -0.39 is 0 Å². The van der Waals surface area contributed by atoms with Gasteiger partial charge >= 0.3 is 0 Å². The van der Waals surface area contributed by atoms with E-state index in [0.717, 1.165) is 63.4 Å². The van der Waals surface area contributed by atoms with E-state index in [4.69, 9.17) is 9.47 Å². The fourth-order valence-corrected chi connectivity index (χ4v) is 4.44. The summed E-state index contributed by atoms with van der Waals surface area (Å²) in [5, 5.41) is 0. The zero-order valence-electron chi connectivity index (χ0n) is 11.1. The molecule has 2 saturated heterocycles. The molecule has 102 valence electrons. The van der Waals surface area contributed by atoms with Crippen LogP contribution in [-0.4, -0.2) is 74.5 Å². The maximum Gasteiger partial charge on any atom is 0.0594 e. The van der Waals surface area contributed by atoms with Gasteiger partial charge in [0, 0.05) is 38.3 Å². The molecule has 2 heterocycles. The summed E-state index contributed by atoms with van der Waals surface area (Å²) in [5.74, 6) is 1.99. The van der Waals surface area contributed by atoms with Gasteiger partial charge in [-0.3, -0.25) is 9.80 Å². The number of hydrogen-bond acceptors (Lipinski definition) is 4. The highest BCUT2D eigenvalue weighted by Crippen LogP contribution is 2.56. The average molecular weight is 252 g/mol. The highest BCUT2D eigenvalue weighted by molar-refractivity contribution is 5.12. The zero-order valence-corrected chi connectivity index (χ0v) is 11.1. The Hall–Kier alpha value is -0.160. The van der Waals surface area contributed by atoms with Crippen molar-refractivity contribution >= 4 is 0 Å². The van der Waals surface area contributed by atoms with Gasteiger partial charge in [0.2, 0.25) is 0 Å². The topological polar surface area (TPSA) is 24.9 Å². The normalized spacial score (nSPS) is 46.0. The number of ether oxygens (including phenoxy) is 2. The van der Waals surface area contributed by atoms with Crippen LogP contribution in [-0.2, 0) is 9.47 Å². The molecule has 0 aromatic heterocycles. The first kappa shape index (κ1) is 11.6. The molecule has 4 aliphatic rings. The molecular weight excluding hydrogens is 228 g/mol. The number of nitrogens with zero attached hydrogens (tertiary/aromatic N) is 2. The molecule has 0 aromatic carbocycles. The first-order chi connectivity index (χ1) is 8.93. The quantitative estimate of drug-likeness (QED) is 0.711. The van der Waals surface area contributed by atoms with Crippen molar-refractivity contribution < 1.29 is 9.47 Å². The third-order valence-corrected chi connectivity index (χ3v) is 5.40. The van der Waals surface area contributed by atoms with Crippen molar-refractivity contribution in [2.45, 2.75) is 24.9 Å². The Labute approximate surface area is 109 Å². The molecule has 0 aromatic rings. The van der Waals surface area contributed by atoms with Crippen LogP contribution >= 0.6 is 0 Å². The monoisotopic (exact) mass is 252 g/mol. The Balaban J connectivity index is 1.30. The number of fused-ring (bicyclic) bond motifs is 1. The molecule has 4 heteroatoms. The summed E-state index contributed by atoms with van der Waals surface area (Å²) >= 11 is 0. The van der Waals surface area contributed by atoms with Crippen LogP contribution in [0.5, 0.6) is 0 Å². The van der Waals surface area contributed by atoms with Crippen molar-refractivity contribution in [2.24, 2.45) is 11.8 Å². The van der Waals surface area contributed by atoms with Gasteiger partial charge in [0.15, 0.2) is 0 Å². The summed E-state index contributed by atoms with van der Waals surface area (Å²) in [6, 6.07) is 1.77. The van der Waals surface area contributed by atoms with E-state index in [0.29, 0.717) is 0 Å². The second kappa shape index (κ2) is 4.75. The molecule has 0 radical (unpaired) electrons. The van der Waals surface area contributed by atoms with Crippen LogP contribution in [0.3, 0.4) is 0 Å². The van der Waals surface area contributed by atoms with Gasteiger partial charge in [0.25, 0.3) is 0 Å². The molecule has 0 spiro atoms. The Morgan fingerprint density at radius 1 is 0.667 bits per heavy atom. The maximum absolute atomic E-state index is 5.45. The van der Waals surface area contributed by atoms with E-state index in [-0.39, 0.29) is 0 Å². The van der Waals surface area contributed by atoms with Gasteiger partial charge in [0.05, 0.1) is 26.4 Å². The summed E-state index contributed by atoms with van der Waals surface area (Å²) in [6.07, 6.45) is 2.87. The molecule has 4 rings (SSSR count). The van der Waals surface area contributed by atoms with Crippen molar-refractivity contribution in [3.05, 3.63) is 0 Å². The molecule has 2 saturated carbocycles. The summed E-state index contributed by atoms with van der Waals surface area (Å²) in [4.78, 5) is 5.36. The van der Waals surface area contributed by atoms with Gasteiger partial charge in [-0.25, -0.2) is 0 Å². The number of morpholine rings is 2. The molecule has 18 heavy (non-hydrogen) atoms. The zero-order chi connectivity index (χ0) is 11.9. The second-order valence-electron chi connectivity index (χ2n) is 6.24. The molecule has 2 unspecified atom stereocenters. The minimum Gasteiger partial charge on any atom is -0.379 e. The van der Waals surface area contributed by atoms with Gasteiger partial charge in [-0.1, -0.05) is 0 Å². The van der Waals surface area contributed by atoms with Crippen molar-refractivity contribution in [3.8, 4) is 0 Å². The summed E-state index contributed by atoms with van der Waals surface area (Å²) in [6.45, 7) is 8.43. The van der Waals surface area contributed by atoms with E-state index >= 15 is 0 Å². The van der Waals surface area contributed by atoms with Crippen LogP contribution in [0.4, 0.5) is 0 Å². The van der Waals surface area contributed by atoms with Crippen LogP contribution in [0, 0.1) is 11.8 Å². The van der Waals surface area contributed by atoms with Crippen molar-refractivity contribution in [1.82, 2.24) is 9.80 Å². The minimum atomic E-state index is 0.862. The van der Waals surface area contributed by atoms with Gasteiger partial charge in [-0.05, 0) is 24.7 Å². The first-order valence-corrected chi connectivity index (χ1v) is 7.57. The van der Waals surface area contributed by atoms with Crippen LogP contribution in [0.25, 0.3) is 0 Å². The standard InChI is InChI=1S/C14H24N2O2/c1-5-17-6-2-15(1)11-9-12-13(10-11)14(12)16-3-7-18-8-4-16/h11-14H,1-10H2/t11?,12-,13+,14?. The average Bonchev–Trinajstić information content (AvgIpc) is 2.95. The van der Waals surface area contributed by atoms with E-state index in [1.54, 1.807) is 0 Å². The van der Waals surface area contributed by atoms with Crippen LogP contribution < -0.4 is 0 Å². The SMILES string of the molecule is C1CN(C2C[C@@H]3C(N4CCOCC4)[C@@H]3C2)CCO1. The van der Waals surface area contributed by atoms with Gasteiger partial charge in [-0.15, -0.1) is 0 Å². The molecule has 2 aliphatic carbocycles. The predicted molar refractivity (Wildman–Crippen MR) is 68.6 cm³/mol. The van der Waals surface area contributed by atoms with Gasteiger partial charge < -0.3 is 9.47 Å². The largest absolute Gasteiger partial charge is 0.379 e. The molecule has 4 nitrogen and oxygen atoms in total. The van der Waals surface area contributed by atoms with Crippen LogP contribution in [0.1, 0.15) is 12.8 Å². The molecular formula is C14H24N2O2. The lowest BCUT2D eigenvalue weighted by molar-refractivity contribution is 0.00658. The first-order valence-electron chi connectivity index (χ1n) is 7.57. The highest BCUT2D eigenvalue weighted by atomic mass is 16.5. The lowest BCUT2D eigenvalue weighted by Crippen LogP contribution is -2.45. The van der Waals surface area contributed by atoms with Gasteiger partial charge in [-0.2, -0.15) is 0 Å². The van der Waals surface area contributed by atoms with E-state index in [1.165, 1.54) is 25.9 Å². The van der Waals surface area contributed by atoms with Crippen molar-refractivity contribution in [3.63, 3.8) is 0 Å². The fraction of sp³-hybridized carbons (Fsp3) is 1.00. The third kappa shape index (κ3) is 1.99. The Kier molecular flexibility index (Phi) is 3.07. The van der Waals surface area contributed by atoms with Gasteiger partial charge in [0.1, 0.15) is 0 Å². The summed E-state index contributed by atoms with van der Waals surface area (Å²) in [7, 11) is 0. The highest BCUT2D eigenvalue weighted by Gasteiger charge is 2.59. The maximum atomic E-state index is 5.45. The van der Waals surface area contributed by atoms with E-state index in [9.17, 15) is 0 Å². The molecule has 0 N–H and O–H groups in total. The Morgan fingerprint density at radius 2 is 1.17 bits per heavy atom. The Morgan fingerprint density at radius 3 is 1.72 bits per heavy atom. The summed E-state index contributed by atoms with van der Waals surface area (Å²) < 4.78 is 10.9. The summed E-state index contributed by atoms with van der Waals surface area (Å²) in [5.41, 5.74) is 0. The molecule has 4 atom stereocenters. The minimum absolute atomic E-state index is 0.862. The van der Waals surface area contributed by atoms with Crippen molar-refractivity contribution in [2.75, 3.05) is 52.6 Å². The number of rotatable bonds is 2. The van der Waals surface area contributed by atoms with E-state index in [2.05, 4.69) is 9.80 Å². The van der Waals surface area contributed by atoms with E-state index in [1.807, 2.05) is 0 Å². The number of hydrogen-bond donors (Lipinski definition) is 0.